The maximum atomic E-state index is 15.5. The van der Waals surface area contributed by atoms with Crippen LogP contribution >= 0.6 is 0 Å². The van der Waals surface area contributed by atoms with Gasteiger partial charge in [0.25, 0.3) is 0 Å². The molecule has 0 aliphatic carbocycles. The van der Waals surface area contributed by atoms with Gasteiger partial charge in [0.05, 0.1) is 11.5 Å². The summed E-state index contributed by atoms with van der Waals surface area (Å²) in [4.78, 5) is 8.13. The zero-order valence-electron chi connectivity index (χ0n) is 28.8. The van der Waals surface area contributed by atoms with Crippen molar-refractivity contribution in [1.29, 1.82) is 0 Å². The highest BCUT2D eigenvalue weighted by Crippen LogP contribution is 2.38. The third-order valence-electron chi connectivity index (χ3n) is 8.57. The summed E-state index contributed by atoms with van der Waals surface area (Å²) in [6.07, 6.45) is -4.22. The van der Waals surface area contributed by atoms with Crippen LogP contribution in [0, 0.1) is 25.5 Å². The second-order valence-electron chi connectivity index (χ2n) is 12.5. The van der Waals surface area contributed by atoms with Crippen LogP contribution in [0.15, 0.2) is 110 Å². The third kappa shape index (κ3) is 9.46. The number of benzene rings is 4. The first kappa shape index (κ1) is 38.9. The average molecular weight is 785 g/mol. The molecular weight excluding hydrogens is 757 g/mol. The van der Waals surface area contributed by atoms with Crippen molar-refractivity contribution in [2.75, 3.05) is 0 Å². The Morgan fingerprint density at radius 3 is 1.25 bits per heavy atom. The van der Waals surface area contributed by atoms with Crippen molar-refractivity contribution < 1.29 is 53.0 Å². The first-order valence-corrected chi connectivity index (χ1v) is 18.1. The Balaban J connectivity index is 1.22. The van der Waals surface area contributed by atoms with E-state index in [9.17, 15) is 34.8 Å². The summed E-state index contributed by atoms with van der Waals surface area (Å²) in [5.41, 5.74) is 2.83. The molecule has 6 aromatic rings. The number of pyridine rings is 2. The van der Waals surface area contributed by atoms with E-state index in [4.69, 9.17) is 0 Å². The van der Waals surface area contributed by atoms with Gasteiger partial charge < -0.3 is 9.47 Å². The van der Waals surface area contributed by atoms with E-state index in [1.165, 1.54) is 99.3 Å². The van der Waals surface area contributed by atoms with E-state index in [0.717, 1.165) is 12.1 Å². The van der Waals surface area contributed by atoms with Gasteiger partial charge >= 0.3 is 12.7 Å². The minimum atomic E-state index is -4.92. The van der Waals surface area contributed by atoms with Crippen molar-refractivity contribution in [3.63, 3.8) is 0 Å². The normalized spacial score (nSPS) is 12.1. The highest BCUT2D eigenvalue weighted by molar-refractivity contribution is 7.89. The largest absolute Gasteiger partial charge is 0.573 e. The van der Waals surface area contributed by atoms with Crippen molar-refractivity contribution in [2.45, 2.75) is 38.1 Å². The Hall–Kier alpha value is -5.83. The van der Waals surface area contributed by atoms with Crippen LogP contribution in [0.1, 0.15) is 22.3 Å². The van der Waals surface area contributed by atoms with Crippen LogP contribution in [-0.4, -0.2) is 31.1 Å². The van der Waals surface area contributed by atoms with Gasteiger partial charge in [-0.3, -0.25) is 9.97 Å². The van der Waals surface area contributed by atoms with Gasteiger partial charge in [0.15, 0.2) is 9.84 Å². The van der Waals surface area contributed by atoms with Gasteiger partial charge in [-0.15, -0.1) is 26.3 Å². The standard InChI is InChI=1S/C40H28F8N2O4S/c1-23-3-5-27(17-37(23)53-39(43,44)45)31-11-13-49-19-33(31)25-7-9-29(35(41)15-25)21-55(51,52)22-30-10-8-26(16-36(30)42)34-20-50-14-12-32(34)28-6-4-24(2)38(18-28)54-40(46,47)48/h3-20H,21-22H2,1-2H3. The lowest BCUT2D eigenvalue weighted by molar-refractivity contribution is -0.275. The molecular formula is C40H28F8N2O4S. The molecule has 0 bridgehead atoms. The van der Waals surface area contributed by atoms with Crippen LogP contribution in [-0.2, 0) is 21.3 Å². The summed E-state index contributed by atoms with van der Waals surface area (Å²) in [5, 5.41) is 0. The second-order valence-corrected chi connectivity index (χ2v) is 14.6. The molecule has 55 heavy (non-hydrogen) atoms. The number of aromatic nitrogens is 2. The lowest BCUT2D eigenvalue weighted by Crippen LogP contribution is -2.17. The lowest BCUT2D eigenvalue weighted by Gasteiger charge is -2.15. The maximum absolute atomic E-state index is 15.5. The van der Waals surface area contributed by atoms with E-state index in [-0.39, 0.29) is 33.4 Å². The fourth-order valence-corrected chi connectivity index (χ4v) is 7.46. The van der Waals surface area contributed by atoms with Crippen LogP contribution in [0.3, 0.4) is 0 Å². The molecule has 6 rings (SSSR count). The van der Waals surface area contributed by atoms with E-state index in [1.54, 1.807) is 12.1 Å². The Morgan fingerprint density at radius 1 is 0.527 bits per heavy atom. The zero-order chi connectivity index (χ0) is 39.7. The number of nitrogens with zero attached hydrogens (tertiary/aromatic N) is 2. The fraction of sp³-hybridized carbons (Fsp3) is 0.150. The van der Waals surface area contributed by atoms with Crippen molar-refractivity contribution in [2.24, 2.45) is 0 Å². The van der Waals surface area contributed by atoms with Crippen LogP contribution in [0.4, 0.5) is 35.1 Å². The van der Waals surface area contributed by atoms with Gasteiger partial charge in [-0.2, -0.15) is 0 Å². The fourth-order valence-electron chi connectivity index (χ4n) is 5.95. The van der Waals surface area contributed by atoms with E-state index >= 15 is 8.78 Å². The minimum Gasteiger partial charge on any atom is -0.405 e. The molecule has 284 valence electrons. The summed E-state index contributed by atoms with van der Waals surface area (Å²) < 4.78 is 144. The Labute approximate surface area is 310 Å². The van der Waals surface area contributed by atoms with E-state index < -0.39 is 57.2 Å². The highest BCUT2D eigenvalue weighted by atomic mass is 32.2. The van der Waals surface area contributed by atoms with Crippen LogP contribution in [0.5, 0.6) is 11.5 Å². The van der Waals surface area contributed by atoms with E-state index in [0.29, 0.717) is 33.4 Å². The Kier molecular flexibility index (Phi) is 10.7. The number of halogens is 8. The highest BCUT2D eigenvalue weighted by Gasteiger charge is 2.33. The smallest absolute Gasteiger partial charge is 0.405 e. The SMILES string of the molecule is Cc1ccc(-c2ccncc2-c2ccc(CS(=O)(=O)Cc3ccc(-c4cnccc4-c4ccc(C)c(OC(F)(F)F)c4)cc3F)c(F)c2)cc1OC(F)(F)F. The number of hydrogen-bond acceptors (Lipinski definition) is 6. The summed E-state index contributed by atoms with van der Waals surface area (Å²) in [5.74, 6) is -4.16. The number of aryl methyl sites for hydroxylation is 2. The summed E-state index contributed by atoms with van der Waals surface area (Å²) in [7, 11) is -4.15. The third-order valence-corrected chi connectivity index (χ3v) is 10.1. The van der Waals surface area contributed by atoms with Gasteiger partial charge in [-0.1, -0.05) is 48.5 Å². The van der Waals surface area contributed by atoms with Gasteiger partial charge in [0.1, 0.15) is 23.1 Å². The molecule has 6 nitrogen and oxygen atoms in total. The van der Waals surface area contributed by atoms with Crippen molar-refractivity contribution in [3.05, 3.63) is 144 Å². The van der Waals surface area contributed by atoms with E-state index in [1.807, 2.05) is 0 Å². The lowest BCUT2D eigenvalue weighted by atomic mass is 9.95. The van der Waals surface area contributed by atoms with Crippen molar-refractivity contribution in [1.82, 2.24) is 9.97 Å². The molecule has 0 radical (unpaired) electrons. The topological polar surface area (TPSA) is 78.4 Å². The predicted molar refractivity (Wildman–Crippen MR) is 189 cm³/mol. The second kappa shape index (κ2) is 15.1. The van der Waals surface area contributed by atoms with Gasteiger partial charge in [0, 0.05) is 47.0 Å². The molecule has 0 aliphatic heterocycles. The number of ether oxygens (including phenoxy) is 2. The predicted octanol–water partition coefficient (Wildman–Crippen LogP) is 11.0. The summed E-state index contributed by atoms with van der Waals surface area (Å²) in [6.45, 7) is 2.91. The minimum absolute atomic E-state index is 0.200. The molecule has 0 aliphatic rings. The molecule has 0 saturated heterocycles. The molecule has 0 spiro atoms. The quantitative estimate of drug-likeness (QED) is 0.129. The summed E-state index contributed by atoms with van der Waals surface area (Å²) >= 11 is 0. The molecule has 15 heteroatoms. The molecule has 4 aromatic carbocycles. The van der Waals surface area contributed by atoms with Crippen molar-refractivity contribution in [3.8, 4) is 56.0 Å². The first-order chi connectivity index (χ1) is 25.9. The molecule has 2 aromatic heterocycles. The van der Waals surface area contributed by atoms with Crippen LogP contribution in [0.25, 0.3) is 44.5 Å². The average Bonchev–Trinajstić information content (AvgIpc) is 3.11. The number of sulfone groups is 1. The monoisotopic (exact) mass is 784 g/mol. The Morgan fingerprint density at radius 2 is 0.891 bits per heavy atom. The van der Waals surface area contributed by atoms with Crippen LogP contribution in [0.2, 0.25) is 0 Å². The van der Waals surface area contributed by atoms with Gasteiger partial charge in [0.2, 0.25) is 0 Å². The summed E-state index contributed by atoms with van der Waals surface area (Å²) in [6, 6.07) is 19.1. The molecule has 0 N–H and O–H groups in total. The number of hydrogen-bond donors (Lipinski definition) is 0. The van der Waals surface area contributed by atoms with E-state index in [2.05, 4.69) is 19.4 Å². The maximum Gasteiger partial charge on any atom is 0.573 e. The molecule has 0 saturated carbocycles. The van der Waals surface area contributed by atoms with Crippen LogP contribution < -0.4 is 9.47 Å². The van der Waals surface area contributed by atoms with Gasteiger partial charge in [-0.25, -0.2) is 17.2 Å². The Bertz CT molecular complexity index is 2340. The molecule has 2 heterocycles. The number of alkyl halides is 6. The van der Waals surface area contributed by atoms with Crippen molar-refractivity contribution >= 4 is 9.84 Å². The molecule has 0 amide bonds. The van der Waals surface area contributed by atoms with Gasteiger partial charge in [-0.05, 0) is 94.8 Å². The molecule has 0 unspecified atom stereocenters. The zero-order valence-corrected chi connectivity index (χ0v) is 29.6. The molecule has 0 fully saturated rings. The number of rotatable bonds is 10. The first-order valence-electron chi connectivity index (χ1n) is 16.3. The molecule has 0 atom stereocenters.